The SMILES string of the molecule is CCCC(CC(=O)N1CCCC(C(C)(CCCNC(=O)OC)c2cccc(C)c2)C1)NC1CCCOC1. The first kappa shape index (κ1) is 29.4. The number of methoxy groups -OCH3 is 1. The number of ether oxygens (including phenoxy) is 2. The van der Waals surface area contributed by atoms with E-state index in [-0.39, 0.29) is 23.5 Å². The summed E-state index contributed by atoms with van der Waals surface area (Å²) < 4.78 is 10.4. The summed E-state index contributed by atoms with van der Waals surface area (Å²) in [5.74, 6) is 0.640. The third-order valence-electron chi connectivity index (χ3n) is 8.37. The molecular weight excluding hydrogens is 466 g/mol. The largest absolute Gasteiger partial charge is 0.453 e. The van der Waals surface area contributed by atoms with Gasteiger partial charge in [-0.2, -0.15) is 0 Å². The van der Waals surface area contributed by atoms with Gasteiger partial charge in [-0.1, -0.05) is 50.1 Å². The van der Waals surface area contributed by atoms with E-state index >= 15 is 0 Å². The predicted molar refractivity (Wildman–Crippen MR) is 148 cm³/mol. The van der Waals surface area contributed by atoms with Gasteiger partial charge in [0.05, 0.1) is 13.7 Å². The fourth-order valence-corrected chi connectivity index (χ4v) is 6.16. The molecule has 0 aliphatic carbocycles. The fourth-order valence-electron chi connectivity index (χ4n) is 6.16. The second-order valence-corrected chi connectivity index (χ2v) is 11.3. The molecule has 2 aliphatic heterocycles. The smallest absolute Gasteiger partial charge is 0.406 e. The molecule has 0 radical (unpaired) electrons. The first-order valence-corrected chi connectivity index (χ1v) is 14.4. The highest BCUT2D eigenvalue weighted by Crippen LogP contribution is 2.41. The first-order valence-electron chi connectivity index (χ1n) is 14.4. The normalized spacial score (nSPS) is 22.6. The Morgan fingerprint density at radius 3 is 2.81 bits per heavy atom. The van der Waals surface area contributed by atoms with Crippen LogP contribution in [0.25, 0.3) is 0 Å². The van der Waals surface area contributed by atoms with E-state index in [0.717, 1.165) is 77.7 Å². The summed E-state index contributed by atoms with van der Waals surface area (Å²) in [5.41, 5.74) is 2.50. The van der Waals surface area contributed by atoms with E-state index in [1.807, 2.05) is 0 Å². The number of piperidine rings is 1. The molecule has 37 heavy (non-hydrogen) atoms. The number of benzene rings is 1. The van der Waals surface area contributed by atoms with E-state index < -0.39 is 0 Å². The number of rotatable bonds is 12. The molecule has 7 nitrogen and oxygen atoms in total. The van der Waals surface area contributed by atoms with Gasteiger partial charge < -0.3 is 25.0 Å². The average Bonchev–Trinajstić information content (AvgIpc) is 2.91. The minimum absolute atomic E-state index is 0.0801. The van der Waals surface area contributed by atoms with Crippen LogP contribution in [0.5, 0.6) is 0 Å². The van der Waals surface area contributed by atoms with Gasteiger partial charge in [0.15, 0.2) is 0 Å². The van der Waals surface area contributed by atoms with Crippen molar-refractivity contribution in [3.05, 3.63) is 35.4 Å². The molecule has 4 unspecified atom stereocenters. The molecule has 7 heteroatoms. The number of nitrogens with zero attached hydrogens (tertiary/aromatic N) is 1. The van der Waals surface area contributed by atoms with Crippen LogP contribution in [0.2, 0.25) is 0 Å². The van der Waals surface area contributed by atoms with Crippen LogP contribution in [-0.2, 0) is 19.7 Å². The van der Waals surface area contributed by atoms with Crippen LogP contribution in [0.3, 0.4) is 0 Å². The Morgan fingerprint density at radius 1 is 1.27 bits per heavy atom. The first-order chi connectivity index (χ1) is 17.9. The molecule has 3 rings (SSSR count). The van der Waals surface area contributed by atoms with E-state index in [4.69, 9.17) is 9.47 Å². The number of alkyl carbamates (subject to hydrolysis) is 1. The molecule has 1 aromatic rings. The number of hydrogen-bond donors (Lipinski definition) is 2. The third kappa shape index (κ3) is 8.71. The number of amides is 2. The molecule has 208 valence electrons. The minimum Gasteiger partial charge on any atom is -0.453 e. The van der Waals surface area contributed by atoms with Crippen molar-refractivity contribution in [3.8, 4) is 0 Å². The van der Waals surface area contributed by atoms with Crippen molar-refractivity contribution in [1.29, 1.82) is 0 Å². The highest BCUT2D eigenvalue weighted by molar-refractivity contribution is 5.77. The van der Waals surface area contributed by atoms with Crippen molar-refractivity contribution in [2.24, 2.45) is 5.92 Å². The lowest BCUT2D eigenvalue weighted by molar-refractivity contribution is -0.134. The zero-order chi connectivity index (χ0) is 26.7. The summed E-state index contributed by atoms with van der Waals surface area (Å²) in [5, 5.41) is 6.55. The molecule has 1 aromatic carbocycles. The molecular formula is C30H49N3O4. The van der Waals surface area contributed by atoms with Gasteiger partial charge in [-0.25, -0.2) is 4.79 Å². The molecule has 2 heterocycles. The van der Waals surface area contributed by atoms with Crippen molar-refractivity contribution in [2.45, 2.75) is 96.1 Å². The van der Waals surface area contributed by atoms with E-state index in [0.29, 0.717) is 24.9 Å². The van der Waals surface area contributed by atoms with E-state index in [1.165, 1.54) is 18.2 Å². The minimum atomic E-state index is -0.387. The molecule has 0 saturated carbocycles. The lowest BCUT2D eigenvalue weighted by Crippen LogP contribution is -2.49. The van der Waals surface area contributed by atoms with Gasteiger partial charge in [-0.15, -0.1) is 0 Å². The number of aryl methyl sites for hydroxylation is 1. The summed E-state index contributed by atoms with van der Waals surface area (Å²) in [6.07, 6.45) is 8.38. The van der Waals surface area contributed by atoms with Crippen molar-refractivity contribution < 1.29 is 19.1 Å². The maximum atomic E-state index is 13.5. The van der Waals surface area contributed by atoms with Crippen molar-refractivity contribution >= 4 is 12.0 Å². The highest BCUT2D eigenvalue weighted by atomic mass is 16.5. The topological polar surface area (TPSA) is 79.9 Å². The summed E-state index contributed by atoms with van der Waals surface area (Å²) in [7, 11) is 1.39. The Balaban J connectivity index is 1.68. The van der Waals surface area contributed by atoms with Gasteiger partial charge >= 0.3 is 6.09 Å². The van der Waals surface area contributed by atoms with Crippen LogP contribution < -0.4 is 10.6 Å². The van der Waals surface area contributed by atoms with Crippen LogP contribution in [-0.4, -0.2) is 68.9 Å². The number of carbonyl (C=O) groups excluding carboxylic acids is 2. The number of hydrogen-bond acceptors (Lipinski definition) is 5. The van der Waals surface area contributed by atoms with E-state index in [9.17, 15) is 9.59 Å². The average molecular weight is 516 g/mol. The van der Waals surface area contributed by atoms with Crippen LogP contribution in [0.1, 0.15) is 82.8 Å². The van der Waals surface area contributed by atoms with Gasteiger partial charge in [-0.05, 0) is 68.8 Å². The Labute approximate surface area is 224 Å². The summed E-state index contributed by atoms with van der Waals surface area (Å²) in [4.78, 5) is 27.2. The maximum Gasteiger partial charge on any atom is 0.406 e. The number of carbonyl (C=O) groups is 2. The van der Waals surface area contributed by atoms with Crippen molar-refractivity contribution in [3.63, 3.8) is 0 Å². The molecule has 2 N–H and O–H groups in total. The van der Waals surface area contributed by atoms with Gasteiger partial charge in [0.1, 0.15) is 0 Å². The standard InChI is InChI=1S/C30H49N3O4/c1-5-10-26(32-27-14-8-18-37-22-27)20-28(34)33-17-7-13-25(21-33)30(3,15-9-16-31-29(35)36-4)24-12-6-11-23(2)19-24/h6,11-12,19,25-27,32H,5,7-10,13-18,20-22H2,1-4H3,(H,31,35). The molecule has 2 aliphatic rings. The number of nitrogens with one attached hydrogen (secondary N) is 2. The van der Waals surface area contributed by atoms with Crippen molar-refractivity contribution in [2.75, 3.05) is 40.0 Å². The van der Waals surface area contributed by atoms with Gasteiger partial charge in [0.25, 0.3) is 0 Å². The zero-order valence-corrected chi connectivity index (χ0v) is 23.5. The Bertz CT molecular complexity index is 857. The van der Waals surface area contributed by atoms with Crippen LogP contribution >= 0.6 is 0 Å². The Hall–Kier alpha value is -2.12. The summed E-state index contributed by atoms with van der Waals surface area (Å²) in [6.45, 7) is 10.5. The van der Waals surface area contributed by atoms with Crippen LogP contribution in [0.15, 0.2) is 24.3 Å². The molecule has 2 amide bonds. The quantitative estimate of drug-likeness (QED) is 0.385. The third-order valence-corrected chi connectivity index (χ3v) is 8.37. The molecule has 2 fully saturated rings. The Kier molecular flexibility index (Phi) is 11.7. The monoisotopic (exact) mass is 515 g/mol. The lowest BCUT2D eigenvalue weighted by atomic mass is 9.66. The zero-order valence-electron chi connectivity index (χ0n) is 23.5. The second kappa shape index (κ2) is 14.7. The highest BCUT2D eigenvalue weighted by Gasteiger charge is 2.39. The van der Waals surface area contributed by atoms with E-state index in [2.05, 4.69) is 60.6 Å². The lowest BCUT2D eigenvalue weighted by Gasteiger charge is -2.44. The predicted octanol–water partition coefficient (Wildman–Crippen LogP) is 4.95. The van der Waals surface area contributed by atoms with Crippen LogP contribution in [0.4, 0.5) is 4.79 Å². The maximum absolute atomic E-state index is 13.5. The van der Waals surface area contributed by atoms with Gasteiger partial charge in [0, 0.05) is 44.7 Å². The summed E-state index contributed by atoms with van der Waals surface area (Å²) in [6, 6.07) is 9.36. The molecule has 0 aromatic heterocycles. The molecule has 0 spiro atoms. The van der Waals surface area contributed by atoms with Crippen LogP contribution in [0, 0.1) is 12.8 Å². The van der Waals surface area contributed by atoms with E-state index in [1.54, 1.807) is 0 Å². The second-order valence-electron chi connectivity index (χ2n) is 11.3. The van der Waals surface area contributed by atoms with Crippen molar-refractivity contribution in [1.82, 2.24) is 15.5 Å². The Morgan fingerprint density at radius 2 is 2.11 bits per heavy atom. The molecule has 0 bridgehead atoms. The molecule has 4 atom stereocenters. The summed E-state index contributed by atoms with van der Waals surface area (Å²) >= 11 is 0. The fraction of sp³-hybridized carbons (Fsp3) is 0.733. The van der Waals surface area contributed by atoms with Gasteiger partial charge in [0.2, 0.25) is 5.91 Å². The van der Waals surface area contributed by atoms with Gasteiger partial charge in [-0.3, -0.25) is 4.79 Å². The number of likely N-dealkylation sites (tertiary alicyclic amines) is 1. The molecule has 2 saturated heterocycles.